The van der Waals surface area contributed by atoms with Crippen molar-refractivity contribution >= 4 is 48.6 Å². The van der Waals surface area contributed by atoms with Crippen LogP contribution in [0.15, 0.2) is 39.4 Å². The number of hydrogen-bond donors (Lipinski definition) is 1. The molecule has 2 aromatic heterocycles. The van der Waals surface area contributed by atoms with Crippen LogP contribution in [0.2, 0.25) is 0 Å². The Morgan fingerprint density at radius 1 is 1.10 bits per heavy atom. The molecule has 0 saturated heterocycles. The lowest BCUT2D eigenvalue weighted by molar-refractivity contribution is 1.09. The first-order valence-electron chi connectivity index (χ1n) is 6.37. The maximum Gasteiger partial charge on any atom is 0.164 e. The van der Waals surface area contributed by atoms with E-state index < -0.39 is 0 Å². The predicted octanol–water partition coefficient (Wildman–Crippen LogP) is 4.57. The van der Waals surface area contributed by atoms with Crippen molar-refractivity contribution in [2.45, 2.75) is 6.92 Å². The second kappa shape index (κ2) is 5.69. The molecule has 21 heavy (non-hydrogen) atoms. The number of hydrogen-bond acceptors (Lipinski definition) is 4. The van der Waals surface area contributed by atoms with Crippen molar-refractivity contribution in [3.05, 3.63) is 45.1 Å². The highest BCUT2D eigenvalue weighted by molar-refractivity contribution is 9.11. The van der Waals surface area contributed by atoms with Gasteiger partial charge in [-0.2, -0.15) is 0 Å². The fourth-order valence-corrected chi connectivity index (χ4v) is 2.99. The van der Waals surface area contributed by atoms with Gasteiger partial charge in [0, 0.05) is 28.7 Å². The molecule has 1 N–H and O–H groups in total. The molecule has 0 unspecified atom stereocenters. The minimum Gasteiger partial charge on any atom is -0.372 e. The van der Waals surface area contributed by atoms with Crippen molar-refractivity contribution in [2.24, 2.45) is 0 Å². The van der Waals surface area contributed by atoms with Crippen molar-refractivity contribution in [1.29, 1.82) is 0 Å². The summed E-state index contributed by atoms with van der Waals surface area (Å²) in [5.74, 6) is 1.43. The summed E-state index contributed by atoms with van der Waals surface area (Å²) < 4.78 is 1.89. The van der Waals surface area contributed by atoms with Gasteiger partial charge in [0.2, 0.25) is 0 Å². The highest BCUT2D eigenvalue weighted by Crippen LogP contribution is 2.32. The van der Waals surface area contributed by atoms with E-state index in [9.17, 15) is 0 Å². The zero-order chi connectivity index (χ0) is 15.0. The third-order valence-electron chi connectivity index (χ3n) is 3.21. The van der Waals surface area contributed by atoms with Gasteiger partial charge in [0.1, 0.15) is 5.82 Å². The van der Waals surface area contributed by atoms with E-state index >= 15 is 0 Å². The molecule has 1 aromatic carbocycles. The summed E-state index contributed by atoms with van der Waals surface area (Å²) in [6.07, 6.45) is 1.78. The normalized spacial score (nSPS) is 10.9. The van der Waals surface area contributed by atoms with Crippen LogP contribution in [0.5, 0.6) is 0 Å². The summed E-state index contributed by atoms with van der Waals surface area (Å²) in [4.78, 5) is 13.6. The van der Waals surface area contributed by atoms with E-state index in [0.717, 1.165) is 36.9 Å². The third-order valence-corrected chi connectivity index (χ3v) is 4.85. The van der Waals surface area contributed by atoms with Crippen LogP contribution in [0.4, 0.5) is 5.82 Å². The molecule has 0 spiro atoms. The van der Waals surface area contributed by atoms with Gasteiger partial charge in [0.05, 0.1) is 15.7 Å². The van der Waals surface area contributed by atoms with Crippen molar-refractivity contribution in [3.8, 4) is 11.4 Å². The van der Waals surface area contributed by atoms with Crippen LogP contribution < -0.4 is 5.32 Å². The fourth-order valence-electron chi connectivity index (χ4n) is 2.16. The van der Waals surface area contributed by atoms with E-state index in [1.54, 1.807) is 6.20 Å². The molecule has 0 atom stereocenters. The monoisotopic (exact) mass is 406 g/mol. The van der Waals surface area contributed by atoms with Crippen LogP contribution in [0.25, 0.3) is 22.3 Å². The summed E-state index contributed by atoms with van der Waals surface area (Å²) in [5.41, 5.74) is 2.69. The van der Waals surface area contributed by atoms with Crippen molar-refractivity contribution in [2.75, 3.05) is 12.4 Å². The van der Waals surface area contributed by atoms with Gasteiger partial charge in [0.25, 0.3) is 0 Å². The lowest BCUT2D eigenvalue weighted by Gasteiger charge is -2.10. The Balaban J connectivity index is 2.31. The van der Waals surface area contributed by atoms with Gasteiger partial charge < -0.3 is 5.32 Å². The number of benzene rings is 1. The third kappa shape index (κ3) is 2.53. The highest BCUT2D eigenvalue weighted by atomic mass is 79.9. The SMILES string of the molecule is CNc1nc(-c2ccc(Br)c3cccnc23)nc(C)c1Br. The molecule has 2 heterocycles. The molecule has 3 rings (SSSR count). The maximum atomic E-state index is 4.58. The Bertz CT molecular complexity index is 833. The number of aromatic nitrogens is 3. The van der Waals surface area contributed by atoms with Gasteiger partial charge in [-0.25, -0.2) is 9.97 Å². The lowest BCUT2D eigenvalue weighted by Crippen LogP contribution is -2.01. The van der Waals surface area contributed by atoms with Gasteiger partial charge in [-0.1, -0.05) is 22.0 Å². The molecule has 0 aliphatic heterocycles. The zero-order valence-corrected chi connectivity index (χ0v) is 14.7. The van der Waals surface area contributed by atoms with E-state index in [1.165, 1.54) is 0 Å². The standard InChI is InChI=1S/C15H12Br2N4/c1-8-12(17)15(18-2)21-14(20-8)10-5-6-11(16)9-4-3-7-19-13(9)10/h3-7H,1-2H3,(H,18,20,21). The molecule has 0 bridgehead atoms. The molecule has 4 nitrogen and oxygen atoms in total. The number of anilines is 1. The van der Waals surface area contributed by atoms with E-state index in [0.29, 0.717) is 5.82 Å². The molecule has 0 fully saturated rings. The van der Waals surface area contributed by atoms with Crippen LogP contribution in [0.3, 0.4) is 0 Å². The number of aryl methyl sites for hydroxylation is 1. The second-order valence-electron chi connectivity index (χ2n) is 4.54. The van der Waals surface area contributed by atoms with Gasteiger partial charge in [-0.15, -0.1) is 0 Å². The van der Waals surface area contributed by atoms with E-state index in [1.807, 2.05) is 38.2 Å². The zero-order valence-electron chi connectivity index (χ0n) is 11.5. The predicted molar refractivity (Wildman–Crippen MR) is 92.5 cm³/mol. The average Bonchev–Trinajstić information content (AvgIpc) is 2.51. The molecule has 3 aromatic rings. The molecule has 6 heteroatoms. The Hall–Kier alpha value is -1.53. The number of fused-ring (bicyclic) bond motifs is 1. The number of rotatable bonds is 2. The van der Waals surface area contributed by atoms with Crippen molar-refractivity contribution in [1.82, 2.24) is 15.0 Å². The largest absolute Gasteiger partial charge is 0.372 e. The minimum absolute atomic E-state index is 0.663. The summed E-state index contributed by atoms with van der Waals surface area (Å²) >= 11 is 7.05. The molecular formula is C15H12Br2N4. The van der Waals surface area contributed by atoms with Crippen molar-refractivity contribution < 1.29 is 0 Å². The smallest absolute Gasteiger partial charge is 0.164 e. The molecule has 0 amide bonds. The molecule has 0 aliphatic rings. The number of nitrogens with one attached hydrogen (secondary N) is 1. The van der Waals surface area contributed by atoms with Crippen LogP contribution in [-0.4, -0.2) is 22.0 Å². The Kier molecular flexibility index (Phi) is 3.91. The average molecular weight is 408 g/mol. The number of pyridine rings is 1. The summed E-state index contributed by atoms with van der Waals surface area (Å²) in [6, 6.07) is 7.94. The second-order valence-corrected chi connectivity index (χ2v) is 6.19. The summed E-state index contributed by atoms with van der Waals surface area (Å²) in [6.45, 7) is 1.95. The molecule has 0 saturated carbocycles. The van der Waals surface area contributed by atoms with E-state index in [2.05, 4.69) is 52.1 Å². The molecule has 106 valence electrons. The van der Waals surface area contributed by atoms with Crippen LogP contribution >= 0.6 is 31.9 Å². The van der Waals surface area contributed by atoms with Crippen LogP contribution in [-0.2, 0) is 0 Å². The Morgan fingerprint density at radius 3 is 2.67 bits per heavy atom. The Morgan fingerprint density at radius 2 is 1.90 bits per heavy atom. The fraction of sp³-hybridized carbons (Fsp3) is 0.133. The van der Waals surface area contributed by atoms with Gasteiger partial charge in [-0.05, 0) is 41.1 Å². The minimum atomic E-state index is 0.663. The quantitative estimate of drug-likeness (QED) is 0.676. The lowest BCUT2D eigenvalue weighted by atomic mass is 10.1. The molecule has 0 radical (unpaired) electrons. The van der Waals surface area contributed by atoms with Crippen LogP contribution in [0.1, 0.15) is 5.69 Å². The van der Waals surface area contributed by atoms with E-state index in [4.69, 9.17) is 0 Å². The summed E-state index contributed by atoms with van der Waals surface area (Å²) in [7, 11) is 1.84. The number of halogens is 2. The molecular weight excluding hydrogens is 396 g/mol. The van der Waals surface area contributed by atoms with Gasteiger partial charge in [0.15, 0.2) is 5.82 Å². The maximum absolute atomic E-state index is 4.58. The first-order chi connectivity index (χ1) is 10.1. The van der Waals surface area contributed by atoms with Gasteiger partial charge >= 0.3 is 0 Å². The summed E-state index contributed by atoms with van der Waals surface area (Å²) in [5, 5.41) is 4.12. The number of nitrogens with zero attached hydrogens (tertiary/aromatic N) is 3. The molecule has 0 aliphatic carbocycles. The highest BCUT2D eigenvalue weighted by Gasteiger charge is 2.13. The van der Waals surface area contributed by atoms with Crippen molar-refractivity contribution in [3.63, 3.8) is 0 Å². The van der Waals surface area contributed by atoms with Gasteiger partial charge in [-0.3, -0.25) is 4.98 Å². The Labute approximate surface area is 139 Å². The van der Waals surface area contributed by atoms with E-state index in [-0.39, 0.29) is 0 Å². The first kappa shape index (κ1) is 14.4. The first-order valence-corrected chi connectivity index (χ1v) is 7.96. The topological polar surface area (TPSA) is 50.7 Å². The van der Waals surface area contributed by atoms with Crippen LogP contribution in [0, 0.1) is 6.92 Å².